The van der Waals surface area contributed by atoms with Gasteiger partial charge >= 0.3 is 6.03 Å². The number of anilines is 2. The topological polar surface area (TPSA) is 91.9 Å². The van der Waals surface area contributed by atoms with Crippen molar-refractivity contribution in [3.05, 3.63) is 60.2 Å². The smallest absolute Gasteiger partial charge is 0.337 e. The molecule has 0 aliphatic rings. The Balaban J connectivity index is 1.89. The van der Waals surface area contributed by atoms with E-state index in [0.29, 0.717) is 25.4 Å². The summed E-state index contributed by atoms with van der Waals surface area (Å²) < 4.78 is 10.2. The minimum Gasteiger partial charge on any atom is -0.382 e. The molecule has 2 rings (SSSR count). The molecule has 8 nitrogen and oxygen atoms in total. The first-order valence-corrected chi connectivity index (χ1v) is 9.32. The van der Waals surface area contributed by atoms with Crippen LogP contribution in [0.3, 0.4) is 0 Å². The highest BCUT2D eigenvalue weighted by Gasteiger charge is 2.15. The number of methoxy groups -OCH3 is 1. The lowest BCUT2D eigenvalue weighted by molar-refractivity contribution is -0.133. The molecule has 0 aromatic heterocycles. The first-order chi connectivity index (χ1) is 14.0. The Labute approximate surface area is 171 Å². The average Bonchev–Trinajstić information content (AvgIpc) is 2.73. The number of urea groups is 1. The van der Waals surface area contributed by atoms with Gasteiger partial charge in [0.25, 0.3) is 5.91 Å². The fourth-order valence-corrected chi connectivity index (χ4v) is 2.61. The van der Waals surface area contributed by atoms with E-state index in [1.807, 2.05) is 60.5 Å². The first-order valence-electron chi connectivity index (χ1n) is 9.32. The van der Waals surface area contributed by atoms with Crippen molar-refractivity contribution in [2.45, 2.75) is 19.6 Å². The van der Waals surface area contributed by atoms with Crippen molar-refractivity contribution in [1.82, 2.24) is 10.9 Å². The predicted octanol–water partition coefficient (Wildman–Crippen LogP) is 2.53. The molecule has 8 heteroatoms. The number of amides is 3. The number of nitrogens with zero attached hydrogens (tertiary/aromatic N) is 1. The van der Waals surface area contributed by atoms with E-state index >= 15 is 0 Å². The fraction of sp³-hybridized carbons (Fsp3) is 0.333. The van der Waals surface area contributed by atoms with Gasteiger partial charge in [-0.3, -0.25) is 10.2 Å². The molecule has 0 aliphatic heterocycles. The molecule has 0 bridgehead atoms. The number of carbonyl (C=O) groups excluding carboxylic acids is 2. The summed E-state index contributed by atoms with van der Waals surface area (Å²) in [6.45, 7) is 2.96. The van der Waals surface area contributed by atoms with Crippen LogP contribution < -0.4 is 21.1 Å². The van der Waals surface area contributed by atoms with Crippen LogP contribution in [-0.2, 0) is 20.8 Å². The van der Waals surface area contributed by atoms with Gasteiger partial charge in [-0.05, 0) is 24.6 Å². The van der Waals surface area contributed by atoms with Crippen molar-refractivity contribution >= 4 is 23.3 Å². The molecule has 0 saturated carbocycles. The summed E-state index contributed by atoms with van der Waals surface area (Å²) >= 11 is 0. The number of benzene rings is 2. The number of hydrogen-bond acceptors (Lipinski definition) is 5. The summed E-state index contributed by atoms with van der Waals surface area (Å²) in [5.41, 5.74) is 7.32. The molecule has 2 aromatic carbocycles. The largest absolute Gasteiger partial charge is 0.382 e. The third-order valence-electron chi connectivity index (χ3n) is 4.15. The van der Waals surface area contributed by atoms with Crippen molar-refractivity contribution in [2.24, 2.45) is 0 Å². The minimum atomic E-state index is -0.713. The monoisotopic (exact) mass is 400 g/mol. The molecule has 0 heterocycles. The van der Waals surface area contributed by atoms with E-state index in [-0.39, 0.29) is 0 Å². The Bertz CT molecular complexity index is 785. The highest BCUT2D eigenvalue weighted by molar-refractivity contribution is 5.94. The van der Waals surface area contributed by atoms with Crippen LogP contribution in [0.25, 0.3) is 0 Å². The van der Waals surface area contributed by atoms with E-state index in [0.717, 1.165) is 11.3 Å². The SMILES string of the molecule is COCCO[C@@H](C)C(=O)NNC(=O)Nc1ccccc1N(C)Cc1ccccc1. The molecule has 29 heavy (non-hydrogen) atoms. The Morgan fingerprint density at radius 3 is 2.41 bits per heavy atom. The van der Waals surface area contributed by atoms with Crippen LogP contribution in [0.15, 0.2) is 54.6 Å². The summed E-state index contributed by atoms with van der Waals surface area (Å²) in [7, 11) is 3.50. The maximum Gasteiger partial charge on any atom is 0.337 e. The zero-order valence-corrected chi connectivity index (χ0v) is 17.0. The standard InChI is InChI=1S/C21H28N4O4/c1-16(29-14-13-28-3)20(26)23-24-21(27)22-18-11-7-8-12-19(18)25(2)15-17-9-5-4-6-10-17/h4-12,16H,13-15H2,1-3H3,(H,23,26)(H2,22,24,27)/t16-/m0/s1. The van der Waals surface area contributed by atoms with Gasteiger partial charge in [-0.15, -0.1) is 0 Å². The molecule has 0 spiro atoms. The number of para-hydroxylation sites is 2. The third kappa shape index (κ3) is 7.44. The van der Waals surface area contributed by atoms with Crippen molar-refractivity contribution in [2.75, 3.05) is 37.6 Å². The molecule has 3 N–H and O–H groups in total. The Kier molecular flexibility index (Phi) is 8.94. The summed E-state index contributed by atoms with van der Waals surface area (Å²) in [4.78, 5) is 26.2. The summed E-state index contributed by atoms with van der Waals surface area (Å²) in [5.74, 6) is -0.453. The molecule has 0 fully saturated rings. The van der Waals surface area contributed by atoms with Crippen LogP contribution in [0.5, 0.6) is 0 Å². The Morgan fingerprint density at radius 1 is 1.00 bits per heavy atom. The second kappa shape index (κ2) is 11.7. The van der Waals surface area contributed by atoms with Gasteiger partial charge in [0.1, 0.15) is 6.10 Å². The Hall–Kier alpha value is -3.10. The fourth-order valence-electron chi connectivity index (χ4n) is 2.61. The molecule has 0 saturated heterocycles. The van der Waals surface area contributed by atoms with Crippen LogP contribution in [0, 0.1) is 0 Å². The van der Waals surface area contributed by atoms with Crippen molar-refractivity contribution in [3.8, 4) is 0 Å². The van der Waals surface area contributed by atoms with Crippen molar-refractivity contribution in [3.63, 3.8) is 0 Å². The van der Waals surface area contributed by atoms with Gasteiger partial charge in [-0.2, -0.15) is 0 Å². The third-order valence-corrected chi connectivity index (χ3v) is 4.15. The lowest BCUT2D eigenvalue weighted by Gasteiger charge is -2.23. The molecule has 0 aliphatic carbocycles. The van der Waals surface area contributed by atoms with Crippen molar-refractivity contribution < 1.29 is 19.1 Å². The highest BCUT2D eigenvalue weighted by atomic mass is 16.5. The minimum absolute atomic E-state index is 0.290. The average molecular weight is 400 g/mol. The molecular weight excluding hydrogens is 372 g/mol. The zero-order valence-electron chi connectivity index (χ0n) is 17.0. The number of rotatable bonds is 9. The van der Waals surface area contributed by atoms with Crippen LogP contribution in [0.1, 0.15) is 12.5 Å². The van der Waals surface area contributed by atoms with Crippen LogP contribution in [0.4, 0.5) is 16.2 Å². The summed E-state index contributed by atoms with van der Waals surface area (Å²) in [6, 6.07) is 16.9. The van der Waals surface area contributed by atoms with E-state index in [2.05, 4.69) is 16.2 Å². The second-order valence-electron chi connectivity index (χ2n) is 6.43. The number of hydrogen-bond donors (Lipinski definition) is 3. The molecule has 3 amide bonds. The van der Waals surface area contributed by atoms with Gasteiger partial charge in [-0.1, -0.05) is 42.5 Å². The van der Waals surface area contributed by atoms with Gasteiger partial charge in [0, 0.05) is 20.7 Å². The summed E-state index contributed by atoms with van der Waals surface area (Å²) in [5, 5.41) is 2.76. The van der Waals surface area contributed by atoms with Gasteiger partial charge in [0.15, 0.2) is 0 Å². The van der Waals surface area contributed by atoms with E-state index in [9.17, 15) is 9.59 Å². The molecule has 0 unspecified atom stereocenters. The van der Waals surface area contributed by atoms with Crippen LogP contribution >= 0.6 is 0 Å². The van der Waals surface area contributed by atoms with Crippen LogP contribution in [-0.4, -0.2) is 45.4 Å². The lowest BCUT2D eigenvalue weighted by Crippen LogP contribution is -2.48. The van der Waals surface area contributed by atoms with E-state index < -0.39 is 18.0 Å². The molecule has 2 aromatic rings. The number of ether oxygens (including phenoxy) is 2. The molecule has 0 radical (unpaired) electrons. The predicted molar refractivity (Wildman–Crippen MR) is 113 cm³/mol. The molecule has 1 atom stereocenters. The quantitative estimate of drug-likeness (QED) is 0.444. The van der Waals surface area contributed by atoms with Crippen LogP contribution in [0.2, 0.25) is 0 Å². The molecular formula is C21H28N4O4. The maximum absolute atomic E-state index is 12.2. The van der Waals surface area contributed by atoms with E-state index in [1.54, 1.807) is 20.1 Å². The lowest BCUT2D eigenvalue weighted by atomic mass is 10.2. The highest BCUT2D eigenvalue weighted by Crippen LogP contribution is 2.25. The first kappa shape index (κ1) is 22.2. The number of nitrogens with one attached hydrogen (secondary N) is 3. The second-order valence-corrected chi connectivity index (χ2v) is 6.43. The van der Waals surface area contributed by atoms with Gasteiger partial charge in [0.05, 0.1) is 24.6 Å². The number of carbonyl (C=O) groups is 2. The van der Waals surface area contributed by atoms with Crippen molar-refractivity contribution in [1.29, 1.82) is 0 Å². The van der Waals surface area contributed by atoms with E-state index in [1.165, 1.54) is 0 Å². The maximum atomic E-state index is 12.2. The van der Waals surface area contributed by atoms with Gasteiger partial charge in [0.2, 0.25) is 0 Å². The summed E-state index contributed by atoms with van der Waals surface area (Å²) in [6.07, 6.45) is -0.713. The van der Waals surface area contributed by atoms with Gasteiger partial charge < -0.3 is 19.7 Å². The van der Waals surface area contributed by atoms with E-state index in [4.69, 9.17) is 9.47 Å². The Morgan fingerprint density at radius 2 is 1.69 bits per heavy atom. The molecule has 156 valence electrons. The normalized spacial score (nSPS) is 11.4. The number of hydrazine groups is 1. The zero-order chi connectivity index (χ0) is 21.1. The van der Waals surface area contributed by atoms with Gasteiger partial charge in [-0.25, -0.2) is 10.2 Å².